The van der Waals surface area contributed by atoms with Crippen LogP contribution in [0, 0.1) is 6.92 Å². The number of aryl methyl sites for hydroxylation is 1. The predicted molar refractivity (Wildman–Crippen MR) is 65.4 cm³/mol. The van der Waals surface area contributed by atoms with E-state index in [9.17, 15) is 4.79 Å². The fourth-order valence-electron chi connectivity index (χ4n) is 2.18. The third kappa shape index (κ3) is 2.86. The van der Waals surface area contributed by atoms with Crippen LogP contribution in [-0.4, -0.2) is 25.6 Å². The largest absolute Gasteiger partial charge is 0.496 e. The van der Waals surface area contributed by atoms with Crippen LogP contribution in [0.5, 0.6) is 5.75 Å². The first kappa shape index (κ1) is 12.1. The quantitative estimate of drug-likeness (QED) is 0.802. The van der Waals surface area contributed by atoms with Crippen LogP contribution in [-0.2, 0) is 16.0 Å². The van der Waals surface area contributed by atoms with Gasteiger partial charge in [-0.1, -0.05) is 17.7 Å². The molecule has 92 valence electrons. The second-order valence-corrected chi connectivity index (χ2v) is 4.46. The summed E-state index contributed by atoms with van der Waals surface area (Å²) in [5, 5.41) is 0. The molecule has 1 aromatic rings. The van der Waals surface area contributed by atoms with Crippen molar-refractivity contribution < 1.29 is 14.3 Å². The Balaban J connectivity index is 2.11. The van der Waals surface area contributed by atoms with Gasteiger partial charge < -0.3 is 9.47 Å². The number of hydrogen-bond acceptors (Lipinski definition) is 3. The third-order valence-corrected chi connectivity index (χ3v) is 3.09. The monoisotopic (exact) mass is 234 g/mol. The molecular weight excluding hydrogens is 216 g/mol. The first-order valence-corrected chi connectivity index (χ1v) is 5.98. The van der Waals surface area contributed by atoms with Gasteiger partial charge in [0.1, 0.15) is 11.9 Å². The zero-order chi connectivity index (χ0) is 12.3. The average Bonchev–Trinajstić information content (AvgIpc) is 2.83. The highest BCUT2D eigenvalue weighted by Crippen LogP contribution is 2.22. The van der Waals surface area contributed by atoms with Crippen LogP contribution in [0.4, 0.5) is 0 Å². The predicted octanol–water partition coefficient (Wildman–Crippen LogP) is 2.29. The van der Waals surface area contributed by atoms with Crippen LogP contribution in [0.2, 0.25) is 0 Å². The first-order chi connectivity index (χ1) is 8.20. The number of Topliss-reactive ketones (excluding diaryl/α,β-unsaturated/α-hetero) is 1. The van der Waals surface area contributed by atoms with Crippen molar-refractivity contribution >= 4 is 5.78 Å². The average molecular weight is 234 g/mol. The van der Waals surface area contributed by atoms with Gasteiger partial charge in [0.15, 0.2) is 5.78 Å². The molecule has 0 N–H and O–H groups in total. The highest BCUT2D eigenvalue weighted by Gasteiger charge is 2.24. The molecule has 2 rings (SSSR count). The number of benzene rings is 1. The molecule has 3 heteroatoms. The van der Waals surface area contributed by atoms with Gasteiger partial charge in [-0.2, -0.15) is 0 Å². The summed E-state index contributed by atoms with van der Waals surface area (Å²) in [4.78, 5) is 12.0. The SMILES string of the molecule is COc1ccc(C)cc1CC(=O)C1CCCO1. The zero-order valence-electron chi connectivity index (χ0n) is 10.4. The number of ether oxygens (including phenoxy) is 2. The van der Waals surface area contributed by atoms with Gasteiger partial charge in [-0.05, 0) is 25.8 Å². The van der Waals surface area contributed by atoms with Gasteiger partial charge in [0, 0.05) is 18.6 Å². The molecule has 0 aromatic heterocycles. The Labute approximate surface area is 102 Å². The molecule has 0 aliphatic carbocycles. The van der Waals surface area contributed by atoms with E-state index in [0.29, 0.717) is 13.0 Å². The second-order valence-electron chi connectivity index (χ2n) is 4.46. The van der Waals surface area contributed by atoms with Crippen LogP contribution in [0.3, 0.4) is 0 Å². The molecule has 1 saturated heterocycles. The molecule has 0 bridgehead atoms. The summed E-state index contributed by atoms with van der Waals surface area (Å²) < 4.78 is 10.7. The molecule has 1 fully saturated rings. The van der Waals surface area contributed by atoms with E-state index in [1.54, 1.807) is 7.11 Å². The van der Waals surface area contributed by atoms with Gasteiger partial charge in [0.2, 0.25) is 0 Å². The summed E-state index contributed by atoms with van der Waals surface area (Å²) in [5.41, 5.74) is 2.09. The van der Waals surface area contributed by atoms with Gasteiger partial charge in [0.05, 0.1) is 7.11 Å². The van der Waals surface area contributed by atoms with E-state index in [1.807, 2.05) is 25.1 Å². The molecule has 3 nitrogen and oxygen atoms in total. The number of carbonyl (C=O) groups excluding carboxylic acids is 1. The van der Waals surface area contributed by atoms with E-state index in [4.69, 9.17) is 9.47 Å². The lowest BCUT2D eigenvalue weighted by Gasteiger charge is -2.11. The van der Waals surface area contributed by atoms with Crippen LogP contribution in [0.25, 0.3) is 0 Å². The van der Waals surface area contributed by atoms with Crippen molar-refractivity contribution in [3.8, 4) is 5.75 Å². The maximum atomic E-state index is 12.0. The minimum Gasteiger partial charge on any atom is -0.496 e. The Morgan fingerprint density at radius 2 is 2.35 bits per heavy atom. The fourth-order valence-corrected chi connectivity index (χ4v) is 2.18. The lowest BCUT2D eigenvalue weighted by Crippen LogP contribution is -2.21. The van der Waals surface area contributed by atoms with Crippen molar-refractivity contribution in [1.82, 2.24) is 0 Å². The maximum absolute atomic E-state index is 12.0. The van der Waals surface area contributed by atoms with Crippen LogP contribution in [0.1, 0.15) is 24.0 Å². The Hall–Kier alpha value is -1.35. The lowest BCUT2D eigenvalue weighted by atomic mass is 10.0. The van der Waals surface area contributed by atoms with Crippen molar-refractivity contribution in [3.63, 3.8) is 0 Å². The van der Waals surface area contributed by atoms with E-state index in [0.717, 1.165) is 29.7 Å². The Morgan fingerprint density at radius 3 is 3.00 bits per heavy atom. The Bertz CT molecular complexity index is 406. The summed E-state index contributed by atoms with van der Waals surface area (Å²) in [5.74, 6) is 0.938. The van der Waals surface area contributed by atoms with Crippen LogP contribution < -0.4 is 4.74 Å². The number of carbonyl (C=O) groups is 1. The zero-order valence-corrected chi connectivity index (χ0v) is 10.4. The topological polar surface area (TPSA) is 35.5 Å². The number of hydrogen-bond donors (Lipinski definition) is 0. The van der Waals surface area contributed by atoms with Crippen LogP contribution in [0.15, 0.2) is 18.2 Å². The molecule has 1 aromatic carbocycles. The van der Waals surface area contributed by atoms with E-state index in [2.05, 4.69) is 0 Å². The smallest absolute Gasteiger partial charge is 0.166 e. The maximum Gasteiger partial charge on any atom is 0.166 e. The standard InChI is InChI=1S/C14H18O3/c1-10-5-6-13(16-2)11(8-10)9-12(15)14-4-3-7-17-14/h5-6,8,14H,3-4,7,9H2,1-2H3. The van der Waals surface area contributed by atoms with Gasteiger partial charge in [-0.15, -0.1) is 0 Å². The minimum absolute atomic E-state index is 0.159. The van der Waals surface area contributed by atoms with Gasteiger partial charge >= 0.3 is 0 Å². The summed E-state index contributed by atoms with van der Waals surface area (Å²) in [6.07, 6.45) is 2.03. The second kappa shape index (κ2) is 5.32. The molecule has 1 aliphatic heterocycles. The summed E-state index contributed by atoms with van der Waals surface area (Å²) >= 11 is 0. The molecule has 1 atom stereocenters. The number of rotatable bonds is 4. The highest BCUT2D eigenvalue weighted by molar-refractivity contribution is 5.86. The Kier molecular flexibility index (Phi) is 3.79. The van der Waals surface area contributed by atoms with E-state index >= 15 is 0 Å². The summed E-state index contributed by atoms with van der Waals surface area (Å²) in [6, 6.07) is 5.90. The van der Waals surface area contributed by atoms with Gasteiger partial charge in [0.25, 0.3) is 0 Å². The van der Waals surface area contributed by atoms with E-state index in [-0.39, 0.29) is 11.9 Å². The molecule has 0 amide bonds. The van der Waals surface area contributed by atoms with Gasteiger partial charge in [-0.3, -0.25) is 4.79 Å². The molecule has 17 heavy (non-hydrogen) atoms. The molecule has 0 spiro atoms. The number of methoxy groups -OCH3 is 1. The van der Waals surface area contributed by atoms with Crippen molar-refractivity contribution in [2.45, 2.75) is 32.3 Å². The normalized spacial score (nSPS) is 19.3. The molecule has 1 aliphatic rings. The highest BCUT2D eigenvalue weighted by atomic mass is 16.5. The Morgan fingerprint density at radius 1 is 1.53 bits per heavy atom. The number of ketones is 1. The van der Waals surface area contributed by atoms with Crippen molar-refractivity contribution in [2.75, 3.05) is 13.7 Å². The van der Waals surface area contributed by atoms with Gasteiger partial charge in [-0.25, -0.2) is 0 Å². The molecule has 0 radical (unpaired) electrons. The molecule has 0 saturated carbocycles. The molecule has 1 unspecified atom stereocenters. The molecule has 1 heterocycles. The fraction of sp³-hybridized carbons (Fsp3) is 0.500. The van der Waals surface area contributed by atoms with Crippen molar-refractivity contribution in [2.24, 2.45) is 0 Å². The minimum atomic E-state index is -0.208. The van der Waals surface area contributed by atoms with Crippen molar-refractivity contribution in [3.05, 3.63) is 29.3 Å². The van der Waals surface area contributed by atoms with E-state index < -0.39 is 0 Å². The molecular formula is C14H18O3. The summed E-state index contributed by atoms with van der Waals surface area (Å²) in [7, 11) is 1.63. The third-order valence-electron chi connectivity index (χ3n) is 3.09. The van der Waals surface area contributed by atoms with Crippen LogP contribution >= 0.6 is 0 Å². The summed E-state index contributed by atoms with van der Waals surface area (Å²) in [6.45, 7) is 2.72. The van der Waals surface area contributed by atoms with Crippen molar-refractivity contribution in [1.29, 1.82) is 0 Å². The first-order valence-electron chi connectivity index (χ1n) is 5.98. The lowest BCUT2D eigenvalue weighted by molar-refractivity contribution is -0.127. The van der Waals surface area contributed by atoms with E-state index in [1.165, 1.54) is 0 Å².